The molecule has 1 aliphatic rings. The van der Waals surface area contributed by atoms with Gasteiger partial charge >= 0.3 is 5.97 Å². The fourth-order valence-corrected chi connectivity index (χ4v) is 2.76. The Kier molecular flexibility index (Phi) is 4.12. The fraction of sp³-hybridized carbons (Fsp3) is 0.500. The molecule has 4 heteroatoms. The average molecular weight is 276 g/mol. The number of Topliss-reactive ketones (excluding diaryl/α,β-unsaturated/α-hetero) is 1. The molecule has 2 atom stereocenters. The third kappa shape index (κ3) is 2.55. The Morgan fingerprint density at radius 2 is 1.90 bits per heavy atom. The van der Waals surface area contributed by atoms with E-state index in [1.807, 2.05) is 24.3 Å². The van der Waals surface area contributed by atoms with Gasteiger partial charge in [-0.05, 0) is 43.4 Å². The van der Waals surface area contributed by atoms with Gasteiger partial charge in [0.2, 0.25) is 0 Å². The van der Waals surface area contributed by atoms with E-state index >= 15 is 0 Å². The quantitative estimate of drug-likeness (QED) is 0.629. The van der Waals surface area contributed by atoms with Crippen LogP contribution >= 0.6 is 0 Å². The molecule has 0 saturated heterocycles. The zero-order chi connectivity index (χ0) is 14.8. The van der Waals surface area contributed by atoms with Gasteiger partial charge in [-0.15, -0.1) is 0 Å². The lowest BCUT2D eigenvalue weighted by molar-refractivity contribution is -0.159. The third-order valence-electron chi connectivity index (χ3n) is 4.26. The SMILES string of the molecule is COC(=O)[C@@]1(C)CC[C@H](c2ccc(OC)cc2)CC1=O. The van der Waals surface area contributed by atoms with Crippen LogP contribution in [-0.4, -0.2) is 26.0 Å². The van der Waals surface area contributed by atoms with Crippen LogP contribution < -0.4 is 4.74 Å². The highest BCUT2D eigenvalue weighted by Crippen LogP contribution is 2.41. The predicted octanol–water partition coefficient (Wildman–Crippen LogP) is 2.71. The van der Waals surface area contributed by atoms with Crippen LogP contribution in [0.4, 0.5) is 0 Å². The van der Waals surface area contributed by atoms with Crippen LogP contribution in [0.25, 0.3) is 0 Å². The molecule has 4 nitrogen and oxygen atoms in total. The number of hydrogen-bond acceptors (Lipinski definition) is 4. The lowest BCUT2D eigenvalue weighted by atomic mass is 9.69. The molecule has 0 aliphatic heterocycles. The van der Waals surface area contributed by atoms with E-state index in [9.17, 15) is 9.59 Å². The molecule has 0 amide bonds. The monoisotopic (exact) mass is 276 g/mol. The van der Waals surface area contributed by atoms with Crippen molar-refractivity contribution in [2.45, 2.75) is 32.1 Å². The van der Waals surface area contributed by atoms with Crippen molar-refractivity contribution in [1.29, 1.82) is 0 Å². The summed E-state index contributed by atoms with van der Waals surface area (Å²) >= 11 is 0. The predicted molar refractivity (Wildman–Crippen MR) is 74.7 cm³/mol. The number of ether oxygens (including phenoxy) is 2. The van der Waals surface area contributed by atoms with Crippen LogP contribution in [0.3, 0.4) is 0 Å². The standard InChI is InChI=1S/C16H20O4/c1-16(15(18)20-3)9-8-12(10-14(16)17)11-4-6-13(19-2)7-5-11/h4-7,12H,8-10H2,1-3H3/t12-,16-/m0/s1. The third-order valence-corrected chi connectivity index (χ3v) is 4.26. The van der Waals surface area contributed by atoms with E-state index in [1.54, 1.807) is 14.0 Å². The first-order valence-electron chi connectivity index (χ1n) is 6.77. The first kappa shape index (κ1) is 14.6. The minimum Gasteiger partial charge on any atom is -0.497 e. The largest absolute Gasteiger partial charge is 0.497 e. The molecule has 0 N–H and O–H groups in total. The fourth-order valence-electron chi connectivity index (χ4n) is 2.76. The summed E-state index contributed by atoms with van der Waals surface area (Å²) in [5.74, 6) is 0.522. The van der Waals surface area contributed by atoms with Gasteiger partial charge in [-0.2, -0.15) is 0 Å². The second-order valence-corrected chi connectivity index (χ2v) is 5.46. The van der Waals surface area contributed by atoms with Gasteiger partial charge in [0, 0.05) is 6.42 Å². The molecule has 108 valence electrons. The number of rotatable bonds is 3. The molecule has 1 saturated carbocycles. The van der Waals surface area contributed by atoms with E-state index in [1.165, 1.54) is 7.11 Å². The topological polar surface area (TPSA) is 52.6 Å². The van der Waals surface area contributed by atoms with Crippen molar-refractivity contribution in [2.24, 2.45) is 5.41 Å². The molecule has 1 aromatic carbocycles. The van der Waals surface area contributed by atoms with Crippen LogP contribution in [-0.2, 0) is 14.3 Å². The highest BCUT2D eigenvalue weighted by molar-refractivity contribution is 6.04. The lowest BCUT2D eigenvalue weighted by Crippen LogP contribution is -2.41. The normalized spacial score (nSPS) is 26.1. The second-order valence-electron chi connectivity index (χ2n) is 5.46. The maximum atomic E-state index is 12.3. The Bertz CT molecular complexity index is 506. The van der Waals surface area contributed by atoms with Crippen molar-refractivity contribution in [1.82, 2.24) is 0 Å². The molecule has 1 fully saturated rings. The summed E-state index contributed by atoms with van der Waals surface area (Å²) in [5, 5.41) is 0. The molecular formula is C16H20O4. The van der Waals surface area contributed by atoms with Gasteiger partial charge in [0.05, 0.1) is 14.2 Å². The Hall–Kier alpha value is -1.84. The Balaban J connectivity index is 2.12. The summed E-state index contributed by atoms with van der Waals surface area (Å²) in [6.45, 7) is 1.69. The first-order valence-corrected chi connectivity index (χ1v) is 6.77. The van der Waals surface area contributed by atoms with Gasteiger partial charge in [-0.25, -0.2) is 0 Å². The second kappa shape index (κ2) is 5.65. The Labute approximate surface area is 119 Å². The molecule has 1 aliphatic carbocycles. The molecule has 1 aromatic rings. The van der Waals surface area contributed by atoms with Gasteiger partial charge in [-0.1, -0.05) is 12.1 Å². The molecule has 0 unspecified atom stereocenters. The molecule has 2 rings (SSSR count). The molecule has 0 bridgehead atoms. The molecular weight excluding hydrogens is 256 g/mol. The van der Waals surface area contributed by atoms with Crippen molar-refractivity contribution in [3.63, 3.8) is 0 Å². The zero-order valence-corrected chi connectivity index (χ0v) is 12.1. The number of hydrogen-bond donors (Lipinski definition) is 0. The van der Waals surface area contributed by atoms with Gasteiger partial charge in [-0.3, -0.25) is 9.59 Å². The zero-order valence-electron chi connectivity index (χ0n) is 12.1. The van der Waals surface area contributed by atoms with E-state index in [2.05, 4.69) is 0 Å². The van der Waals surface area contributed by atoms with E-state index in [0.717, 1.165) is 17.7 Å². The van der Waals surface area contributed by atoms with Crippen LogP contribution in [0.15, 0.2) is 24.3 Å². The minimum atomic E-state index is -0.974. The number of methoxy groups -OCH3 is 2. The van der Waals surface area contributed by atoms with Crippen molar-refractivity contribution in [3.8, 4) is 5.75 Å². The van der Waals surface area contributed by atoms with Crippen molar-refractivity contribution < 1.29 is 19.1 Å². The number of ketones is 1. The number of benzene rings is 1. The maximum Gasteiger partial charge on any atom is 0.319 e. The average Bonchev–Trinajstić information content (AvgIpc) is 2.49. The van der Waals surface area contributed by atoms with Gasteiger partial charge in [0.25, 0.3) is 0 Å². The summed E-state index contributed by atoms with van der Waals surface area (Å²) < 4.78 is 9.89. The number of esters is 1. The van der Waals surface area contributed by atoms with Crippen molar-refractivity contribution >= 4 is 11.8 Å². The van der Waals surface area contributed by atoms with E-state index in [4.69, 9.17) is 9.47 Å². The molecule has 0 spiro atoms. The maximum absolute atomic E-state index is 12.3. The smallest absolute Gasteiger partial charge is 0.319 e. The van der Waals surface area contributed by atoms with Crippen LogP contribution in [0.5, 0.6) is 5.75 Å². The van der Waals surface area contributed by atoms with Gasteiger partial charge < -0.3 is 9.47 Å². The summed E-state index contributed by atoms with van der Waals surface area (Å²) in [7, 11) is 2.96. The summed E-state index contributed by atoms with van der Waals surface area (Å²) in [6, 6.07) is 7.76. The number of carbonyl (C=O) groups excluding carboxylic acids is 2. The summed E-state index contributed by atoms with van der Waals surface area (Å²) in [4.78, 5) is 24.1. The van der Waals surface area contributed by atoms with Crippen molar-refractivity contribution in [2.75, 3.05) is 14.2 Å². The van der Waals surface area contributed by atoms with Gasteiger partial charge in [0.1, 0.15) is 11.2 Å². The first-order chi connectivity index (χ1) is 9.51. The minimum absolute atomic E-state index is 0.0311. The van der Waals surface area contributed by atoms with E-state index < -0.39 is 11.4 Å². The Morgan fingerprint density at radius 3 is 2.40 bits per heavy atom. The highest BCUT2D eigenvalue weighted by Gasteiger charge is 2.45. The van der Waals surface area contributed by atoms with Crippen molar-refractivity contribution in [3.05, 3.63) is 29.8 Å². The molecule has 0 radical (unpaired) electrons. The van der Waals surface area contributed by atoms with Crippen LogP contribution in [0.2, 0.25) is 0 Å². The van der Waals surface area contributed by atoms with Crippen LogP contribution in [0.1, 0.15) is 37.7 Å². The summed E-state index contributed by atoms with van der Waals surface area (Å²) in [5.41, 5.74) is 0.142. The molecule has 0 heterocycles. The van der Waals surface area contributed by atoms with E-state index in [-0.39, 0.29) is 11.7 Å². The molecule has 20 heavy (non-hydrogen) atoms. The highest BCUT2D eigenvalue weighted by atomic mass is 16.5. The summed E-state index contributed by atoms with van der Waals surface area (Å²) in [6.07, 6.45) is 1.73. The van der Waals surface area contributed by atoms with E-state index in [0.29, 0.717) is 12.8 Å². The number of carbonyl (C=O) groups is 2. The van der Waals surface area contributed by atoms with Crippen LogP contribution in [0, 0.1) is 5.41 Å². The lowest BCUT2D eigenvalue weighted by Gasteiger charge is -2.33. The van der Waals surface area contributed by atoms with Gasteiger partial charge in [0.15, 0.2) is 5.78 Å². The Morgan fingerprint density at radius 1 is 1.25 bits per heavy atom. The molecule has 0 aromatic heterocycles.